The van der Waals surface area contributed by atoms with Crippen molar-refractivity contribution in [2.45, 2.75) is 65.5 Å². The van der Waals surface area contributed by atoms with Gasteiger partial charge in [-0.2, -0.15) is 0 Å². The normalized spacial score (nSPS) is 19.8. The molecule has 3 atom stereocenters. The van der Waals surface area contributed by atoms with E-state index in [9.17, 15) is 9.59 Å². The predicted octanol–water partition coefficient (Wildman–Crippen LogP) is 3.49. The van der Waals surface area contributed by atoms with E-state index < -0.39 is 6.04 Å². The molecule has 0 radical (unpaired) electrons. The lowest BCUT2D eigenvalue weighted by molar-refractivity contribution is -0.152. The number of aryl methyl sites for hydroxylation is 1. The number of aromatic nitrogens is 2. The largest absolute Gasteiger partial charge is 0.461 e. The smallest absolute Gasteiger partial charge is 0.329 e. The molecule has 0 amide bonds. The van der Waals surface area contributed by atoms with Gasteiger partial charge in [-0.15, -0.1) is 11.3 Å². The van der Waals surface area contributed by atoms with Crippen LogP contribution in [0, 0.1) is 5.92 Å². The van der Waals surface area contributed by atoms with Crippen molar-refractivity contribution in [1.29, 1.82) is 0 Å². The van der Waals surface area contributed by atoms with E-state index >= 15 is 0 Å². The summed E-state index contributed by atoms with van der Waals surface area (Å²) >= 11 is 1.62. The highest BCUT2D eigenvalue weighted by Gasteiger charge is 2.26. The molecule has 0 unspecified atom stereocenters. The zero-order valence-corrected chi connectivity index (χ0v) is 15.5. The third-order valence-electron chi connectivity index (χ3n) is 4.89. The fourth-order valence-electron chi connectivity index (χ4n) is 3.11. The van der Waals surface area contributed by atoms with Gasteiger partial charge in [0.2, 0.25) is 0 Å². The summed E-state index contributed by atoms with van der Waals surface area (Å²) in [7, 11) is 0. The van der Waals surface area contributed by atoms with Crippen molar-refractivity contribution in [3.8, 4) is 0 Å². The lowest BCUT2D eigenvalue weighted by Gasteiger charge is -2.18. The lowest BCUT2D eigenvalue weighted by atomic mass is 9.89. The van der Waals surface area contributed by atoms with Crippen LogP contribution in [-0.2, 0) is 22.4 Å². The average molecular weight is 348 g/mol. The van der Waals surface area contributed by atoms with Gasteiger partial charge in [0, 0.05) is 4.88 Å². The number of ether oxygens (including phenoxy) is 1. The Hall–Kier alpha value is -1.69. The first kappa shape index (κ1) is 17.1. The molecular formula is C18H24N2O3S. The molecule has 0 aromatic carbocycles. The van der Waals surface area contributed by atoms with Crippen molar-refractivity contribution in [2.24, 2.45) is 5.92 Å². The number of carbonyl (C=O) groups is 1. The van der Waals surface area contributed by atoms with Crippen LogP contribution in [0.4, 0.5) is 0 Å². The number of thiophene rings is 1. The van der Waals surface area contributed by atoms with Crippen LogP contribution in [0.15, 0.2) is 11.1 Å². The van der Waals surface area contributed by atoms with Crippen molar-refractivity contribution in [1.82, 2.24) is 9.55 Å². The highest BCUT2D eigenvalue weighted by molar-refractivity contribution is 7.18. The second-order valence-corrected chi connectivity index (χ2v) is 7.90. The molecule has 0 saturated carbocycles. The number of nitrogens with zero attached hydrogens (tertiary/aromatic N) is 2. The molecule has 2 aromatic heterocycles. The van der Waals surface area contributed by atoms with Gasteiger partial charge in [-0.1, -0.05) is 13.8 Å². The Labute approximate surface area is 145 Å². The van der Waals surface area contributed by atoms with E-state index in [1.165, 1.54) is 15.8 Å². The van der Waals surface area contributed by atoms with E-state index in [2.05, 4.69) is 11.9 Å². The molecule has 2 heterocycles. The molecular weight excluding hydrogens is 324 g/mol. The zero-order valence-electron chi connectivity index (χ0n) is 14.7. The quantitative estimate of drug-likeness (QED) is 0.794. The van der Waals surface area contributed by atoms with Gasteiger partial charge in [-0.3, -0.25) is 9.36 Å². The van der Waals surface area contributed by atoms with Gasteiger partial charge in [0.1, 0.15) is 10.9 Å². The maximum Gasteiger partial charge on any atom is 0.329 e. The van der Waals surface area contributed by atoms with E-state index in [0.29, 0.717) is 11.3 Å². The molecule has 130 valence electrons. The molecule has 24 heavy (non-hydrogen) atoms. The molecule has 1 aliphatic carbocycles. The Morgan fingerprint density at radius 2 is 2.25 bits per heavy atom. The van der Waals surface area contributed by atoms with E-state index in [-0.39, 0.29) is 17.6 Å². The fourth-order valence-corrected chi connectivity index (χ4v) is 4.45. The van der Waals surface area contributed by atoms with Crippen LogP contribution in [0.1, 0.15) is 57.0 Å². The summed E-state index contributed by atoms with van der Waals surface area (Å²) in [5.74, 6) is 0.266. The van der Waals surface area contributed by atoms with Crippen LogP contribution in [0.25, 0.3) is 10.2 Å². The summed E-state index contributed by atoms with van der Waals surface area (Å²) in [5, 5.41) is 0.701. The second kappa shape index (κ2) is 6.67. The fraction of sp³-hybridized carbons (Fsp3) is 0.611. The summed E-state index contributed by atoms with van der Waals surface area (Å²) in [5.41, 5.74) is 1.02. The minimum Gasteiger partial charge on any atom is -0.461 e. The summed E-state index contributed by atoms with van der Waals surface area (Å²) < 4.78 is 6.78. The maximum atomic E-state index is 13.0. The van der Waals surface area contributed by atoms with Crippen molar-refractivity contribution in [2.75, 3.05) is 0 Å². The van der Waals surface area contributed by atoms with E-state index in [0.717, 1.165) is 36.1 Å². The molecule has 0 aliphatic heterocycles. The molecule has 5 nitrogen and oxygen atoms in total. The van der Waals surface area contributed by atoms with Crippen molar-refractivity contribution >= 4 is 27.5 Å². The first-order valence-corrected chi connectivity index (χ1v) is 9.45. The van der Waals surface area contributed by atoms with Gasteiger partial charge < -0.3 is 4.74 Å². The van der Waals surface area contributed by atoms with Crippen LogP contribution in [0.3, 0.4) is 0 Å². The number of rotatable bonds is 4. The van der Waals surface area contributed by atoms with Crippen LogP contribution >= 0.6 is 11.3 Å². The summed E-state index contributed by atoms with van der Waals surface area (Å²) in [4.78, 5) is 31.7. The number of fused-ring (bicyclic) bond motifs is 3. The van der Waals surface area contributed by atoms with E-state index in [1.807, 2.05) is 13.8 Å². The summed E-state index contributed by atoms with van der Waals surface area (Å²) in [6.07, 6.45) is 5.12. The summed E-state index contributed by atoms with van der Waals surface area (Å²) in [6.45, 7) is 7.75. The molecule has 0 saturated heterocycles. The number of esters is 1. The second-order valence-electron chi connectivity index (χ2n) is 6.82. The Bertz CT molecular complexity index is 824. The van der Waals surface area contributed by atoms with Gasteiger partial charge in [0.25, 0.3) is 5.56 Å². The number of hydrogen-bond donors (Lipinski definition) is 0. The lowest BCUT2D eigenvalue weighted by Crippen LogP contribution is -2.31. The highest BCUT2D eigenvalue weighted by Crippen LogP contribution is 2.35. The topological polar surface area (TPSA) is 61.2 Å². The minimum atomic E-state index is -0.665. The predicted molar refractivity (Wildman–Crippen MR) is 95.6 cm³/mol. The average Bonchev–Trinajstić information content (AvgIpc) is 2.92. The molecule has 3 rings (SSSR count). The van der Waals surface area contributed by atoms with E-state index in [4.69, 9.17) is 4.74 Å². The van der Waals surface area contributed by atoms with Gasteiger partial charge in [0.05, 0.1) is 17.8 Å². The standard InChI is InChI=1S/C18H24N2O3S/c1-5-11(3)23-18(22)12(4)20-9-19-16-15(17(20)21)13-7-6-10(2)8-14(13)24-16/h9-12H,5-8H2,1-4H3/t10-,11-,12-/m1/s1. The molecule has 0 fully saturated rings. The monoisotopic (exact) mass is 348 g/mol. The van der Waals surface area contributed by atoms with Gasteiger partial charge in [-0.05, 0) is 51.0 Å². The Kier molecular flexibility index (Phi) is 4.76. The van der Waals surface area contributed by atoms with Gasteiger partial charge in [0.15, 0.2) is 0 Å². The molecule has 2 aromatic rings. The maximum absolute atomic E-state index is 13.0. The molecule has 1 aliphatic rings. The highest BCUT2D eigenvalue weighted by atomic mass is 32.1. The third-order valence-corrected chi connectivity index (χ3v) is 6.05. The first-order chi connectivity index (χ1) is 11.4. The molecule has 0 N–H and O–H groups in total. The minimum absolute atomic E-state index is 0.124. The Balaban J connectivity index is 2.00. The number of carbonyl (C=O) groups excluding carboxylic acids is 1. The third kappa shape index (κ3) is 2.99. The Morgan fingerprint density at radius 3 is 2.96 bits per heavy atom. The molecule has 0 bridgehead atoms. The summed E-state index contributed by atoms with van der Waals surface area (Å²) in [6, 6.07) is -0.665. The van der Waals surface area contributed by atoms with Crippen molar-refractivity contribution in [3.05, 3.63) is 27.1 Å². The SMILES string of the molecule is CC[C@@H](C)OC(=O)[C@@H](C)n1cnc2sc3c(c2c1=O)CC[C@@H](C)C3. The molecule has 6 heteroatoms. The van der Waals surface area contributed by atoms with Gasteiger partial charge >= 0.3 is 5.97 Å². The Morgan fingerprint density at radius 1 is 1.50 bits per heavy atom. The van der Waals surface area contributed by atoms with Crippen molar-refractivity contribution in [3.63, 3.8) is 0 Å². The van der Waals surface area contributed by atoms with Crippen LogP contribution < -0.4 is 5.56 Å². The first-order valence-electron chi connectivity index (χ1n) is 8.64. The molecule has 0 spiro atoms. The van der Waals surface area contributed by atoms with Gasteiger partial charge in [-0.25, -0.2) is 9.78 Å². The van der Waals surface area contributed by atoms with Crippen LogP contribution in [0.2, 0.25) is 0 Å². The zero-order chi connectivity index (χ0) is 17.4. The van der Waals surface area contributed by atoms with Crippen LogP contribution in [0.5, 0.6) is 0 Å². The number of hydrogen-bond acceptors (Lipinski definition) is 5. The van der Waals surface area contributed by atoms with Crippen LogP contribution in [-0.4, -0.2) is 21.6 Å². The van der Waals surface area contributed by atoms with Crippen molar-refractivity contribution < 1.29 is 9.53 Å². The van der Waals surface area contributed by atoms with E-state index in [1.54, 1.807) is 18.3 Å².